The fourth-order valence-corrected chi connectivity index (χ4v) is 0.831. The zero-order valence-electron chi connectivity index (χ0n) is 5.33. The minimum absolute atomic E-state index is 0.482. The molecule has 0 radical (unpaired) electrons. The van der Waals surface area contributed by atoms with Crippen LogP contribution in [0.2, 0.25) is 0 Å². The lowest BCUT2D eigenvalue weighted by molar-refractivity contribution is 0.848. The van der Waals surface area contributed by atoms with Crippen LogP contribution in [0.5, 0.6) is 0 Å². The van der Waals surface area contributed by atoms with Gasteiger partial charge in [0.2, 0.25) is 0 Å². The zero-order valence-corrected chi connectivity index (χ0v) is 6.23. The summed E-state index contributed by atoms with van der Waals surface area (Å²) < 4.78 is 0. The van der Waals surface area contributed by atoms with Crippen molar-refractivity contribution in [1.82, 2.24) is 9.97 Å². The van der Waals surface area contributed by atoms with Crippen LogP contribution in [0.15, 0.2) is 12.5 Å². The second-order valence-electron chi connectivity index (χ2n) is 2.09. The Hall–Kier alpha value is -0.440. The summed E-state index contributed by atoms with van der Waals surface area (Å²) in [7, 11) is 0. The van der Waals surface area contributed by atoms with E-state index < -0.39 is 0 Å². The van der Waals surface area contributed by atoms with Crippen molar-refractivity contribution < 1.29 is 0 Å². The van der Waals surface area contributed by atoms with Gasteiger partial charge in [0, 0.05) is 17.8 Å². The van der Waals surface area contributed by atoms with E-state index in [9.17, 15) is 0 Å². The van der Waals surface area contributed by atoms with E-state index >= 15 is 0 Å². The number of nitrogens with one attached hydrogen (secondary N) is 1. The number of H-pyrrole nitrogens is 1. The normalized spacial score (nSPS) is 13.6. The molecule has 0 amide bonds. The maximum Gasteiger partial charge on any atom is 0.0921 e. The third kappa shape index (κ3) is 1.48. The van der Waals surface area contributed by atoms with Gasteiger partial charge in [0.25, 0.3) is 0 Å². The monoisotopic (exact) mass is 142 g/mol. The standard InChI is InChI=1S/C6H10N2S/c1-5(3-9)6-2-7-4-8-6/h2,4-5,9H,3H2,1H3,(H,7,8)/t5-/m0/s1. The fraction of sp³-hybridized carbons (Fsp3) is 0.500. The van der Waals surface area contributed by atoms with Gasteiger partial charge < -0.3 is 4.98 Å². The molecule has 2 nitrogen and oxygen atoms in total. The Morgan fingerprint density at radius 3 is 3.11 bits per heavy atom. The van der Waals surface area contributed by atoms with Gasteiger partial charge in [-0.05, 0) is 5.75 Å². The SMILES string of the molecule is C[C@@H](CS)c1cnc[nH]1. The zero-order chi connectivity index (χ0) is 6.69. The first-order chi connectivity index (χ1) is 4.34. The van der Waals surface area contributed by atoms with Gasteiger partial charge in [-0.15, -0.1) is 0 Å². The van der Waals surface area contributed by atoms with Crippen molar-refractivity contribution in [2.45, 2.75) is 12.8 Å². The van der Waals surface area contributed by atoms with Gasteiger partial charge in [-0.3, -0.25) is 0 Å². The summed E-state index contributed by atoms with van der Waals surface area (Å²) in [6.45, 7) is 2.11. The van der Waals surface area contributed by atoms with Crippen LogP contribution >= 0.6 is 12.6 Å². The highest BCUT2D eigenvalue weighted by atomic mass is 32.1. The molecule has 0 saturated heterocycles. The molecule has 0 aliphatic heterocycles. The summed E-state index contributed by atoms with van der Waals surface area (Å²) in [4.78, 5) is 6.93. The number of hydrogen-bond donors (Lipinski definition) is 2. The molecule has 0 unspecified atom stereocenters. The number of nitrogens with zero attached hydrogens (tertiary/aromatic N) is 1. The van der Waals surface area contributed by atoms with Gasteiger partial charge in [0.1, 0.15) is 0 Å². The summed E-state index contributed by atoms with van der Waals surface area (Å²) >= 11 is 4.15. The number of thiol groups is 1. The highest BCUT2D eigenvalue weighted by Crippen LogP contribution is 2.11. The van der Waals surface area contributed by atoms with Crippen LogP contribution in [0.4, 0.5) is 0 Å². The first-order valence-electron chi connectivity index (χ1n) is 2.93. The lowest BCUT2D eigenvalue weighted by Gasteiger charge is -2.01. The van der Waals surface area contributed by atoms with Crippen LogP contribution in [0.3, 0.4) is 0 Å². The van der Waals surface area contributed by atoms with E-state index in [1.807, 2.05) is 6.20 Å². The molecule has 1 rings (SSSR count). The molecule has 0 spiro atoms. The molecule has 1 aromatic heterocycles. The predicted octanol–water partition coefficient (Wildman–Crippen LogP) is 1.44. The molecule has 3 heteroatoms. The summed E-state index contributed by atoms with van der Waals surface area (Å²) in [5, 5.41) is 0. The average molecular weight is 142 g/mol. The van der Waals surface area contributed by atoms with E-state index in [4.69, 9.17) is 0 Å². The molecule has 0 aromatic carbocycles. The summed E-state index contributed by atoms with van der Waals surface area (Å²) in [6.07, 6.45) is 3.52. The summed E-state index contributed by atoms with van der Waals surface area (Å²) in [5.74, 6) is 1.35. The highest BCUT2D eigenvalue weighted by molar-refractivity contribution is 7.80. The lowest BCUT2D eigenvalue weighted by Crippen LogP contribution is -1.93. The molecule has 0 aliphatic carbocycles. The molecule has 0 fully saturated rings. The van der Waals surface area contributed by atoms with Crippen LogP contribution in [0.1, 0.15) is 18.5 Å². The maximum atomic E-state index is 4.15. The predicted molar refractivity (Wildman–Crippen MR) is 40.9 cm³/mol. The molecule has 1 atom stereocenters. The smallest absolute Gasteiger partial charge is 0.0921 e. The summed E-state index contributed by atoms with van der Waals surface area (Å²) in [5.41, 5.74) is 1.16. The molecular weight excluding hydrogens is 132 g/mol. The fourth-order valence-electron chi connectivity index (χ4n) is 0.634. The van der Waals surface area contributed by atoms with Gasteiger partial charge in [-0.2, -0.15) is 12.6 Å². The Balaban J connectivity index is 2.65. The Morgan fingerprint density at radius 1 is 1.89 bits per heavy atom. The van der Waals surface area contributed by atoms with Gasteiger partial charge in [0.15, 0.2) is 0 Å². The van der Waals surface area contributed by atoms with Crippen LogP contribution < -0.4 is 0 Å². The number of imidazole rings is 1. The minimum Gasteiger partial charge on any atom is -0.348 e. The second-order valence-corrected chi connectivity index (χ2v) is 2.46. The third-order valence-electron chi connectivity index (χ3n) is 1.32. The molecule has 0 aliphatic rings. The molecule has 1 N–H and O–H groups in total. The number of hydrogen-bond acceptors (Lipinski definition) is 2. The van der Waals surface area contributed by atoms with E-state index in [-0.39, 0.29) is 0 Å². The quantitative estimate of drug-likeness (QED) is 0.601. The molecule has 1 heterocycles. The lowest BCUT2D eigenvalue weighted by atomic mass is 10.1. The van der Waals surface area contributed by atoms with Crippen molar-refractivity contribution in [3.05, 3.63) is 18.2 Å². The van der Waals surface area contributed by atoms with Crippen molar-refractivity contribution >= 4 is 12.6 Å². The van der Waals surface area contributed by atoms with E-state index in [0.29, 0.717) is 5.92 Å². The topological polar surface area (TPSA) is 28.7 Å². The number of aromatic amines is 1. The number of aromatic nitrogens is 2. The van der Waals surface area contributed by atoms with Crippen LogP contribution in [-0.2, 0) is 0 Å². The van der Waals surface area contributed by atoms with Crippen LogP contribution in [0, 0.1) is 0 Å². The van der Waals surface area contributed by atoms with E-state index in [0.717, 1.165) is 11.4 Å². The Labute approximate surface area is 60.1 Å². The summed E-state index contributed by atoms with van der Waals surface area (Å²) in [6, 6.07) is 0. The maximum absolute atomic E-state index is 4.15. The first kappa shape index (κ1) is 6.68. The molecule has 50 valence electrons. The van der Waals surface area contributed by atoms with Crippen LogP contribution in [0.25, 0.3) is 0 Å². The third-order valence-corrected chi connectivity index (χ3v) is 1.87. The first-order valence-corrected chi connectivity index (χ1v) is 3.57. The van der Waals surface area contributed by atoms with Crippen molar-refractivity contribution in [2.24, 2.45) is 0 Å². The van der Waals surface area contributed by atoms with E-state index in [1.54, 1.807) is 6.33 Å². The number of rotatable bonds is 2. The van der Waals surface area contributed by atoms with Gasteiger partial charge in [-0.25, -0.2) is 4.98 Å². The highest BCUT2D eigenvalue weighted by Gasteiger charge is 2.01. The van der Waals surface area contributed by atoms with Gasteiger partial charge in [-0.1, -0.05) is 6.92 Å². The molecule has 0 bridgehead atoms. The van der Waals surface area contributed by atoms with Gasteiger partial charge >= 0.3 is 0 Å². The van der Waals surface area contributed by atoms with Gasteiger partial charge in [0.05, 0.1) is 6.33 Å². The minimum atomic E-state index is 0.482. The largest absolute Gasteiger partial charge is 0.348 e. The molecule has 1 aromatic rings. The van der Waals surface area contributed by atoms with E-state index in [1.165, 1.54) is 0 Å². The Kier molecular flexibility index (Phi) is 2.16. The molecule has 0 saturated carbocycles. The second kappa shape index (κ2) is 2.92. The Bertz CT molecular complexity index is 160. The average Bonchev–Trinajstić information content (AvgIpc) is 2.37. The van der Waals surface area contributed by atoms with Crippen molar-refractivity contribution in [3.8, 4) is 0 Å². The molecular formula is C6H10N2S. The van der Waals surface area contributed by atoms with Crippen molar-refractivity contribution in [3.63, 3.8) is 0 Å². The Morgan fingerprint density at radius 2 is 2.67 bits per heavy atom. The van der Waals surface area contributed by atoms with Crippen molar-refractivity contribution in [1.29, 1.82) is 0 Å². The van der Waals surface area contributed by atoms with Crippen LogP contribution in [-0.4, -0.2) is 15.7 Å². The van der Waals surface area contributed by atoms with Crippen molar-refractivity contribution in [2.75, 3.05) is 5.75 Å². The van der Waals surface area contributed by atoms with E-state index in [2.05, 4.69) is 29.5 Å². The molecule has 9 heavy (non-hydrogen) atoms.